The van der Waals surface area contributed by atoms with Crippen molar-refractivity contribution in [1.82, 2.24) is 4.98 Å². The number of hydrogen-bond acceptors (Lipinski definition) is 4. The maximum Gasteiger partial charge on any atom is 0.339 e. The molecule has 0 aromatic carbocycles. The van der Waals surface area contributed by atoms with Crippen LogP contribution >= 0.6 is 11.8 Å². The van der Waals surface area contributed by atoms with Crippen LogP contribution in [0, 0.1) is 19.8 Å². The van der Waals surface area contributed by atoms with Crippen molar-refractivity contribution in [2.24, 2.45) is 5.92 Å². The molecule has 0 saturated carbocycles. The van der Waals surface area contributed by atoms with Gasteiger partial charge in [0.1, 0.15) is 11.4 Å². The second-order valence-electron chi connectivity index (χ2n) is 5.05. The summed E-state index contributed by atoms with van der Waals surface area (Å²) in [5, 5.41) is 12.5. The summed E-state index contributed by atoms with van der Waals surface area (Å²) in [6, 6.07) is 1.81. The minimum Gasteiger partial charge on any atom is -0.478 e. The van der Waals surface area contributed by atoms with Crippen molar-refractivity contribution in [1.29, 1.82) is 0 Å². The fourth-order valence-electron chi connectivity index (χ4n) is 2.43. The van der Waals surface area contributed by atoms with Crippen LogP contribution in [-0.4, -0.2) is 34.1 Å². The molecule has 0 aliphatic carbocycles. The van der Waals surface area contributed by atoms with Gasteiger partial charge in [0.25, 0.3) is 0 Å². The summed E-state index contributed by atoms with van der Waals surface area (Å²) >= 11 is 2.00. The van der Waals surface area contributed by atoms with Crippen LogP contribution in [0.3, 0.4) is 0 Å². The van der Waals surface area contributed by atoms with Crippen LogP contribution in [0.5, 0.6) is 0 Å². The average Bonchev–Trinajstić information content (AvgIpc) is 2.36. The summed E-state index contributed by atoms with van der Waals surface area (Å²) in [5.74, 6) is 2.65. The lowest BCUT2D eigenvalue weighted by atomic mass is 10.0. The molecule has 1 fully saturated rings. The SMILES string of the molecule is Cc1cc(C)c(C(=O)O)c(NCC2CCSCC2)n1. The number of aryl methyl sites for hydroxylation is 2. The number of carboxylic acids is 1. The third kappa shape index (κ3) is 3.62. The zero-order chi connectivity index (χ0) is 13.8. The van der Waals surface area contributed by atoms with Gasteiger partial charge < -0.3 is 10.4 Å². The molecule has 2 N–H and O–H groups in total. The fraction of sp³-hybridized carbons (Fsp3) is 0.571. The first-order chi connectivity index (χ1) is 9.08. The van der Waals surface area contributed by atoms with Gasteiger partial charge in [0, 0.05) is 12.2 Å². The Morgan fingerprint density at radius 1 is 1.47 bits per heavy atom. The number of pyridine rings is 1. The Morgan fingerprint density at radius 2 is 2.16 bits per heavy atom. The molecule has 104 valence electrons. The highest BCUT2D eigenvalue weighted by Crippen LogP contribution is 2.24. The number of carboxylic acid groups (broad SMARTS) is 1. The van der Waals surface area contributed by atoms with Crippen molar-refractivity contribution < 1.29 is 9.90 Å². The predicted molar refractivity (Wildman–Crippen MR) is 79.2 cm³/mol. The van der Waals surface area contributed by atoms with Crippen molar-refractivity contribution in [3.8, 4) is 0 Å². The molecular formula is C14H20N2O2S. The third-order valence-corrected chi connectivity index (χ3v) is 4.51. The summed E-state index contributed by atoms with van der Waals surface area (Å²) in [6.45, 7) is 4.53. The van der Waals surface area contributed by atoms with E-state index in [4.69, 9.17) is 0 Å². The largest absolute Gasteiger partial charge is 0.478 e. The minimum absolute atomic E-state index is 0.302. The first-order valence-corrected chi connectivity index (χ1v) is 7.76. The normalized spacial score (nSPS) is 16.3. The van der Waals surface area contributed by atoms with Crippen LogP contribution in [0.2, 0.25) is 0 Å². The van der Waals surface area contributed by atoms with E-state index in [2.05, 4.69) is 10.3 Å². The molecule has 0 bridgehead atoms. The van der Waals surface area contributed by atoms with Gasteiger partial charge in [0.15, 0.2) is 0 Å². The van der Waals surface area contributed by atoms with E-state index in [9.17, 15) is 9.90 Å². The van der Waals surface area contributed by atoms with Crippen LogP contribution < -0.4 is 5.32 Å². The van der Waals surface area contributed by atoms with E-state index >= 15 is 0 Å². The maximum atomic E-state index is 11.3. The molecule has 1 saturated heterocycles. The van der Waals surface area contributed by atoms with Gasteiger partial charge in [0.2, 0.25) is 0 Å². The van der Waals surface area contributed by atoms with E-state index < -0.39 is 5.97 Å². The maximum absolute atomic E-state index is 11.3. The number of hydrogen-bond donors (Lipinski definition) is 2. The van der Waals surface area contributed by atoms with Gasteiger partial charge in [-0.15, -0.1) is 0 Å². The van der Waals surface area contributed by atoms with Crippen LogP contribution in [-0.2, 0) is 0 Å². The second kappa shape index (κ2) is 6.28. The molecule has 2 rings (SSSR count). The molecule has 4 nitrogen and oxygen atoms in total. The Morgan fingerprint density at radius 3 is 2.79 bits per heavy atom. The first kappa shape index (κ1) is 14.2. The second-order valence-corrected chi connectivity index (χ2v) is 6.27. The van der Waals surface area contributed by atoms with Gasteiger partial charge >= 0.3 is 5.97 Å². The minimum atomic E-state index is -0.910. The Labute approximate surface area is 118 Å². The van der Waals surface area contributed by atoms with Gasteiger partial charge in [-0.2, -0.15) is 11.8 Å². The molecule has 0 atom stereocenters. The summed E-state index contributed by atoms with van der Waals surface area (Å²) in [7, 11) is 0. The number of anilines is 1. The number of aromatic carboxylic acids is 1. The van der Waals surface area contributed by atoms with E-state index in [1.165, 1.54) is 24.3 Å². The number of nitrogens with zero attached hydrogens (tertiary/aromatic N) is 1. The van der Waals surface area contributed by atoms with Crippen LogP contribution in [0.4, 0.5) is 5.82 Å². The van der Waals surface area contributed by atoms with Crippen LogP contribution in [0.1, 0.15) is 34.5 Å². The van der Waals surface area contributed by atoms with Crippen molar-refractivity contribution >= 4 is 23.5 Å². The summed E-state index contributed by atoms with van der Waals surface area (Å²) in [6.07, 6.45) is 2.40. The number of carbonyl (C=O) groups is 1. The molecule has 5 heteroatoms. The number of aromatic nitrogens is 1. The number of thioether (sulfide) groups is 1. The van der Waals surface area contributed by atoms with Gasteiger partial charge in [-0.1, -0.05) is 0 Å². The zero-order valence-corrected chi connectivity index (χ0v) is 12.2. The quantitative estimate of drug-likeness (QED) is 0.888. The number of nitrogens with one attached hydrogen (secondary N) is 1. The Bertz CT molecular complexity index is 471. The van der Waals surface area contributed by atoms with E-state index in [-0.39, 0.29) is 0 Å². The van der Waals surface area contributed by atoms with Crippen molar-refractivity contribution in [3.05, 3.63) is 22.9 Å². The Hall–Kier alpha value is -1.23. The fourth-order valence-corrected chi connectivity index (χ4v) is 3.63. The smallest absolute Gasteiger partial charge is 0.339 e. The average molecular weight is 280 g/mol. The predicted octanol–water partition coefficient (Wildman–Crippen LogP) is 2.95. The van der Waals surface area contributed by atoms with Crippen molar-refractivity contribution in [2.75, 3.05) is 23.4 Å². The van der Waals surface area contributed by atoms with E-state index in [0.717, 1.165) is 17.8 Å². The monoisotopic (exact) mass is 280 g/mol. The molecule has 0 spiro atoms. The summed E-state index contributed by atoms with van der Waals surface area (Å²) < 4.78 is 0. The lowest BCUT2D eigenvalue weighted by Crippen LogP contribution is -2.21. The highest BCUT2D eigenvalue weighted by atomic mass is 32.2. The van der Waals surface area contributed by atoms with Gasteiger partial charge in [-0.25, -0.2) is 9.78 Å². The van der Waals surface area contributed by atoms with Gasteiger partial charge in [-0.05, 0) is 55.7 Å². The zero-order valence-electron chi connectivity index (χ0n) is 11.4. The Kier molecular flexibility index (Phi) is 4.69. The standard InChI is InChI=1S/C14H20N2O2S/c1-9-7-10(2)16-13(12(9)14(17)18)15-8-11-3-5-19-6-4-11/h7,11H,3-6,8H2,1-2H3,(H,15,16)(H,17,18). The van der Waals surface area contributed by atoms with Gasteiger partial charge in [0.05, 0.1) is 0 Å². The van der Waals surface area contributed by atoms with Crippen molar-refractivity contribution in [2.45, 2.75) is 26.7 Å². The van der Waals surface area contributed by atoms with Crippen LogP contribution in [0.15, 0.2) is 6.07 Å². The van der Waals surface area contributed by atoms with E-state index in [1.54, 1.807) is 0 Å². The van der Waals surface area contributed by atoms with E-state index in [1.807, 2.05) is 31.7 Å². The highest BCUT2D eigenvalue weighted by molar-refractivity contribution is 7.99. The summed E-state index contributed by atoms with van der Waals surface area (Å²) in [4.78, 5) is 15.7. The third-order valence-electron chi connectivity index (χ3n) is 3.46. The molecule has 0 radical (unpaired) electrons. The summed E-state index contributed by atoms with van der Waals surface area (Å²) in [5.41, 5.74) is 1.92. The molecule has 1 aromatic rings. The topological polar surface area (TPSA) is 62.2 Å². The lowest BCUT2D eigenvalue weighted by molar-refractivity contribution is 0.0697. The van der Waals surface area contributed by atoms with Crippen molar-refractivity contribution in [3.63, 3.8) is 0 Å². The Balaban J connectivity index is 2.12. The first-order valence-electron chi connectivity index (χ1n) is 6.61. The highest BCUT2D eigenvalue weighted by Gasteiger charge is 2.18. The molecule has 2 heterocycles. The molecule has 1 aromatic heterocycles. The molecule has 0 amide bonds. The van der Waals surface area contributed by atoms with Gasteiger partial charge in [-0.3, -0.25) is 0 Å². The number of rotatable bonds is 4. The molecule has 0 unspecified atom stereocenters. The molecule has 19 heavy (non-hydrogen) atoms. The van der Waals surface area contributed by atoms with Crippen LogP contribution in [0.25, 0.3) is 0 Å². The van der Waals surface area contributed by atoms with E-state index in [0.29, 0.717) is 17.3 Å². The molecule has 1 aliphatic rings. The molecule has 1 aliphatic heterocycles. The molecular weight excluding hydrogens is 260 g/mol. The lowest BCUT2D eigenvalue weighted by Gasteiger charge is -2.22.